The number of non-ortho nitro benzene ring substituents is 1. The van der Waals surface area contributed by atoms with Crippen LogP contribution in [-0.4, -0.2) is 33.9 Å². The Morgan fingerprint density at radius 1 is 1.45 bits per heavy atom. The Balaban J connectivity index is 2.30. The van der Waals surface area contributed by atoms with E-state index in [4.69, 9.17) is 11.6 Å². The minimum absolute atomic E-state index is 0.0603. The summed E-state index contributed by atoms with van der Waals surface area (Å²) in [6.07, 6.45) is 2.14. The van der Waals surface area contributed by atoms with Gasteiger partial charge in [0, 0.05) is 31.1 Å². The van der Waals surface area contributed by atoms with Gasteiger partial charge in [-0.2, -0.15) is 0 Å². The van der Waals surface area contributed by atoms with E-state index in [9.17, 15) is 10.1 Å². The van der Waals surface area contributed by atoms with Gasteiger partial charge in [-0.3, -0.25) is 10.1 Å². The smallest absolute Gasteiger partial charge is 0.271 e. The second-order valence-corrected chi connectivity index (χ2v) is 4.93. The van der Waals surface area contributed by atoms with Gasteiger partial charge in [-0.05, 0) is 12.5 Å². The minimum Gasteiger partial charge on any atom is -0.341 e. The number of nitrogens with one attached hydrogen (secondary N) is 1. The first-order chi connectivity index (χ1) is 9.65. The summed E-state index contributed by atoms with van der Waals surface area (Å²) in [7, 11) is 0. The highest BCUT2D eigenvalue weighted by atomic mass is 35.5. The van der Waals surface area contributed by atoms with E-state index < -0.39 is 4.92 Å². The number of fused-ring (bicyclic) bond motifs is 1. The Kier molecular flexibility index (Phi) is 4.79. The van der Waals surface area contributed by atoms with Crippen molar-refractivity contribution in [3.63, 3.8) is 0 Å². The lowest BCUT2D eigenvalue weighted by atomic mass is 10.3. The van der Waals surface area contributed by atoms with Crippen LogP contribution in [0.2, 0.25) is 0 Å². The number of rotatable bonds is 7. The standard InChI is InChI=1S/C13H17ClN4O2/c1-2-3-7-17(8-6-14)13-15-11-5-4-10(18(19)20)9-12(11)16-13/h4-5,9H,2-3,6-8H2,1H3,(H,15,16). The molecule has 0 saturated heterocycles. The molecule has 0 atom stereocenters. The van der Waals surface area contributed by atoms with Crippen LogP contribution < -0.4 is 4.90 Å². The van der Waals surface area contributed by atoms with E-state index in [-0.39, 0.29) is 5.69 Å². The number of unbranched alkanes of at least 4 members (excludes halogenated alkanes) is 1. The molecule has 0 fully saturated rings. The van der Waals surface area contributed by atoms with Gasteiger partial charge in [0.15, 0.2) is 0 Å². The normalized spacial score (nSPS) is 10.9. The van der Waals surface area contributed by atoms with Crippen molar-refractivity contribution in [3.05, 3.63) is 28.3 Å². The predicted octanol–water partition coefficient (Wildman–Crippen LogP) is 3.32. The molecule has 6 nitrogen and oxygen atoms in total. The fraction of sp³-hybridized carbons (Fsp3) is 0.462. The number of nitrogens with zero attached hydrogens (tertiary/aromatic N) is 3. The zero-order valence-corrected chi connectivity index (χ0v) is 12.1. The van der Waals surface area contributed by atoms with Crippen LogP contribution in [-0.2, 0) is 0 Å². The molecule has 1 aromatic carbocycles. The highest BCUT2D eigenvalue weighted by Gasteiger charge is 2.13. The molecule has 1 heterocycles. The molecule has 7 heteroatoms. The average molecular weight is 297 g/mol. The second-order valence-electron chi connectivity index (χ2n) is 4.55. The third-order valence-corrected chi connectivity index (χ3v) is 3.27. The van der Waals surface area contributed by atoms with Crippen LogP contribution in [0.25, 0.3) is 11.0 Å². The third-order valence-electron chi connectivity index (χ3n) is 3.10. The molecule has 2 rings (SSSR count). The number of halogens is 1. The summed E-state index contributed by atoms with van der Waals surface area (Å²) in [6.45, 7) is 3.69. The van der Waals surface area contributed by atoms with Gasteiger partial charge < -0.3 is 9.88 Å². The maximum absolute atomic E-state index is 10.8. The van der Waals surface area contributed by atoms with E-state index in [1.54, 1.807) is 6.07 Å². The number of hydrogen-bond acceptors (Lipinski definition) is 4. The molecule has 2 aromatic rings. The zero-order chi connectivity index (χ0) is 14.5. The third kappa shape index (κ3) is 3.19. The van der Waals surface area contributed by atoms with Gasteiger partial charge in [0.2, 0.25) is 5.95 Å². The second kappa shape index (κ2) is 6.56. The quantitative estimate of drug-likeness (QED) is 0.483. The number of aromatic nitrogens is 2. The first kappa shape index (κ1) is 14.6. The van der Waals surface area contributed by atoms with Gasteiger partial charge in [0.25, 0.3) is 5.69 Å². The number of H-pyrrole nitrogens is 1. The molecule has 0 spiro atoms. The van der Waals surface area contributed by atoms with Crippen LogP contribution in [0.4, 0.5) is 11.6 Å². The Bertz CT molecular complexity index is 599. The summed E-state index contributed by atoms with van der Waals surface area (Å²) in [6, 6.07) is 4.63. The van der Waals surface area contributed by atoms with Gasteiger partial charge in [0.1, 0.15) is 0 Å². The van der Waals surface area contributed by atoms with E-state index in [1.165, 1.54) is 12.1 Å². The lowest BCUT2D eigenvalue weighted by Crippen LogP contribution is -2.27. The summed E-state index contributed by atoms with van der Waals surface area (Å²) in [5.41, 5.74) is 1.46. The largest absolute Gasteiger partial charge is 0.341 e. The summed E-state index contributed by atoms with van der Waals surface area (Å²) >= 11 is 5.82. The molecule has 0 bridgehead atoms. The van der Waals surface area contributed by atoms with Crippen LogP contribution in [0.3, 0.4) is 0 Å². The van der Waals surface area contributed by atoms with Crippen molar-refractivity contribution < 1.29 is 4.92 Å². The van der Waals surface area contributed by atoms with Gasteiger partial charge in [-0.1, -0.05) is 13.3 Å². The van der Waals surface area contributed by atoms with Gasteiger partial charge >= 0.3 is 0 Å². The molecule has 0 unspecified atom stereocenters. The van der Waals surface area contributed by atoms with Crippen LogP contribution in [0.15, 0.2) is 18.2 Å². The Morgan fingerprint density at radius 2 is 2.25 bits per heavy atom. The molecule has 108 valence electrons. The van der Waals surface area contributed by atoms with E-state index in [1.807, 2.05) is 0 Å². The number of nitro benzene ring substituents is 1. The van der Waals surface area contributed by atoms with Crippen LogP contribution >= 0.6 is 11.6 Å². The number of anilines is 1. The van der Waals surface area contributed by atoms with Gasteiger partial charge in [-0.25, -0.2) is 4.98 Å². The maximum atomic E-state index is 10.8. The molecule has 0 radical (unpaired) electrons. The lowest BCUT2D eigenvalue weighted by Gasteiger charge is -2.20. The molecule has 1 N–H and O–H groups in total. The molecule has 1 aromatic heterocycles. The number of aromatic amines is 1. The van der Waals surface area contributed by atoms with Crippen molar-refractivity contribution in [2.75, 3.05) is 23.9 Å². The Hall–Kier alpha value is -1.82. The zero-order valence-electron chi connectivity index (χ0n) is 11.3. The molecule has 20 heavy (non-hydrogen) atoms. The number of nitro groups is 1. The maximum Gasteiger partial charge on any atom is 0.271 e. The van der Waals surface area contributed by atoms with Gasteiger partial charge in [0.05, 0.1) is 16.0 Å². The molecular weight excluding hydrogens is 280 g/mol. The Labute approximate surface area is 121 Å². The SMILES string of the molecule is CCCCN(CCCl)c1nc2ccc([N+](=O)[O-])cc2[nH]1. The predicted molar refractivity (Wildman–Crippen MR) is 80.6 cm³/mol. The Morgan fingerprint density at radius 3 is 2.90 bits per heavy atom. The molecular formula is C13H17ClN4O2. The first-order valence-electron chi connectivity index (χ1n) is 6.60. The van der Waals surface area contributed by atoms with Crippen LogP contribution in [0, 0.1) is 10.1 Å². The highest BCUT2D eigenvalue weighted by molar-refractivity contribution is 6.18. The van der Waals surface area contributed by atoms with E-state index in [0.717, 1.165) is 30.9 Å². The van der Waals surface area contributed by atoms with Crippen molar-refractivity contribution >= 4 is 34.3 Å². The summed E-state index contributed by atoms with van der Waals surface area (Å²) in [5, 5.41) is 10.8. The van der Waals surface area contributed by atoms with Crippen molar-refractivity contribution in [3.8, 4) is 0 Å². The van der Waals surface area contributed by atoms with E-state index >= 15 is 0 Å². The van der Waals surface area contributed by atoms with Gasteiger partial charge in [-0.15, -0.1) is 11.6 Å². The van der Waals surface area contributed by atoms with E-state index in [0.29, 0.717) is 17.9 Å². The van der Waals surface area contributed by atoms with Crippen molar-refractivity contribution in [1.29, 1.82) is 0 Å². The average Bonchev–Trinajstić information content (AvgIpc) is 2.85. The number of benzene rings is 1. The lowest BCUT2D eigenvalue weighted by molar-refractivity contribution is -0.384. The number of hydrogen-bond donors (Lipinski definition) is 1. The summed E-state index contributed by atoms with van der Waals surface area (Å²) < 4.78 is 0. The topological polar surface area (TPSA) is 75.1 Å². The monoisotopic (exact) mass is 296 g/mol. The first-order valence-corrected chi connectivity index (χ1v) is 7.14. The highest BCUT2D eigenvalue weighted by Crippen LogP contribution is 2.22. The molecule has 0 saturated carbocycles. The van der Waals surface area contributed by atoms with Crippen LogP contribution in [0.5, 0.6) is 0 Å². The van der Waals surface area contributed by atoms with Crippen molar-refractivity contribution in [1.82, 2.24) is 9.97 Å². The minimum atomic E-state index is -0.409. The molecule has 0 aliphatic rings. The van der Waals surface area contributed by atoms with Crippen molar-refractivity contribution in [2.24, 2.45) is 0 Å². The van der Waals surface area contributed by atoms with Crippen LogP contribution in [0.1, 0.15) is 19.8 Å². The number of imidazole rings is 1. The fourth-order valence-corrected chi connectivity index (χ4v) is 2.23. The summed E-state index contributed by atoms with van der Waals surface area (Å²) in [5.74, 6) is 1.23. The fourth-order valence-electron chi connectivity index (χ4n) is 2.02. The van der Waals surface area contributed by atoms with Crippen molar-refractivity contribution in [2.45, 2.75) is 19.8 Å². The molecule has 0 aliphatic heterocycles. The summed E-state index contributed by atoms with van der Waals surface area (Å²) in [4.78, 5) is 20.0. The van der Waals surface area contributed by atoms with E-state index in [2.05, 4.69) is 21.8 Å². The molecule has 0 amide bonds. The number of alkyl halides is 1. The molecule has 0 aliphatic carbocycles.